The zero-order valence-corrected chi connectivity index (χ0v) is 25.2. The van der Waals surface area contributed by atoms with Crippen LogP contribution in [0.2, 0.25) is 0 Å². The van der Waals surface area contributed by atoms with Crippen LogP contribution in [-0.2, 0) is 41.9 Å². The van der Waals surface area contributed by atoms with Gasteiger partial charge in [-0.1, -0.05) is 30.3 Å². The van der Waals surface area contributed by atoms with E-state index in [0.29, 0.717) is 43.1 Å². The molecule has 7 rings (SSSR count). The molecule has 9 nitrogen and oxygen atoms in total. The van der Waals surface area contributed by atoms with Gasteiger partial charge in [0.05, 0.1) is 23.3 Å². The largest absolute Gasteiger partial charge is 0.483 e. The number of sulfonamides is 1. The van der Waals surface area contributed by atoms with Crippen molar-refractivity contribution in [1.82, 2.24) is 9.62 Å². The van der Waals surface area contributed by atoms with E-state index < -0.39 is 39.2 Å². The zero-order valence-electron chi connectivity index (χ0n) is 24.4. The van der Waals surface area contributed by atoms with Crippen LogP contribution >= 0.6 is 0 Å². The molecule has 1 spiro atoms. The third kappa shape index (κ3) is 4.28. The lowest BCUT2D eigenvalue weighted by Gasteiger charge is -2.65. The van der Waals surface area contributed by atoms with Crippen molar-refractivity contribution in [2.24, 2.45) is 5.92 Å². The minimum Gasteiger partial charge on any atom is -0.483 e. The second-order valence-electron chi connectivity index (χ2n) is 12.9. The van der Waals surface area contributed by atoms with E-state index in [1.165, 1.54) is 26.7 Å². The quantitative estimate of drug-likeness (QED) is 0.365. The lowest BCUT2D eigenvalue weighted by Crippen LogP contribution is -2.79. The number of carbonyl (C=O) groups excluding carboxylic acids is 2. The third-order valence-corrected chi connectivity index (χ3v) is 11.6. The molecule has 0 amide bonds. The van der Waals surface area contributed by atoms with E-state index >= 15 is 0 Å². The number of esters is 2. The number of rotatable bonds is 8. The fourth-order valence-electron chi connectivity index (χ4n) is 8.51. The summed E-state index contributed by atoms with van der Waals surface area (Å²) in [5, 5.41) is 0. The summed E-state index contributed by atoms with van der Waals surface area (Å²) in [6.07, 6.45) is 4.10. The van der Waals surface area contributed by atoms with E-state index in [1.54, 1.807) is 6.07 Å². The Morgan fingerprint density at radius 2 is 1.86 bits per heavy atom. The molecule has 2 aromatic rings. The Balaban J connectivity index is 1.34. The highest BCUT2D eigenvalue weighted by atomic mass is 32.2. The van der Waals surface area contributed by atoms with E-state index in [2.05, 4.69) is 9.62 Å². The predicted molar refractivity (Wildman–Crippen MR) is 155 cm³/mol. The molecule has 2 aliphatic heterocycles. The van der Waals surface area contributed by atoms with Crippen LogP contribution in [0, 0.1) is 12.8 Å². The minimum atomic E-state index is -3.75. The monoisotopic (exact) mass is 594 g/mol. The summed E-state index contributed by atoms with van der Waals surface area (Å²) in [6.45, 7) is 6.48. The van der Waals surface area contributed by atoms with Gasteiger partial charge in [-0.15, -0.1) is 0 Å². The Morgan fingerprint density at radius 1 is 1.07 bits per heavy atom. The first-order valence-electron chi connectivity index (χ1n) is 15.0. The third-order valence-electron chi connectivity index (χ3n) is 10.2. The van der Waals surface area contributed by atoms with Gasteiger partial charge in [0, 0.05) is 26.0 Å². The number of ether oxygens (including phenoxy) is 3. The van der Waals surface area contributed by atoms with Gasteiger partial charge in [0.25, 0.3) is 0 Å². The minimum absolute atomic E-state index is 0.0515. The van der Waals surface area contributed by atoms with Gasteiger partial charge in [0.15, 0.2) is 11.5 Å². The molecule has 42 heavy (non-hydrogen) atoms. The molecule has 3 aliphatic carbocycles. The van der Waals surface area contributed by atoms with Crippen LogP contribution in [0.5, 0.6) is 11.5 Å². The van der Waals surface area contributed by atoms with Crippen molar-refractivity contribution in [3.05, 3.63) is 58.7 Å². The zero-order chi connectivity index (χ0) is 29.4. The standard InChI is InChI=1S/C32H38N2O7S/c1-19-6-4-5-7-24(19)18-42(37,38)33-25-12-13-32(41-21(3)36)27-16-23-10-11-26(39-20(2)35)29-28(23)31(32,30(25)40-29)14-15-34(27)17-22-8-9-22/h4-7,10-11,22,25,27,30,33H,8-9,12-18H2,1-3H3/t25-,27-,30+,31+,32-/m1/s1. The molecule has 2 aromatic carbocycles. The van der Waals surface area contributed by atoms with Gasteiger partial charge < -0.3 is 14.2 Å². The van der Waals surface area contributed by atoms with Gasteiger partial charge in [0.1, 0.15) is 11.7 Å². The number of likely N-dealkylation sites (tertiary alicyclic amines) is 1. The van der Waals surface area contributed by atoms with Crippen molar-refractivity contribution in [1.29, 1.82) is 0 Å². The highest BCUT2D eigenvalue weighted by Crippen LogP contribution is 2.67. The van der Waals surface area contributed by atoms with Crippen LogP contribution in [0.4, 0.5) is 0 Å². The molecule has 224 valence electrons. The first kappa shape index (κ1) is 27.9. The lowest BCUT2D eigenvalue weighted by atomic mass is 9.48. The van der Waals surface area contributed by atoms with Crippen molar-refractivity contribution in [3.63, 3.8) is 0 Å². The topological polar surface area (TPSA) is 111 Å². The van der Waals surface area contributed by atoms with E-state index in [-0.39, 0.29) is 17.8 Å². The molecular formula is C32H38N2O7S. The van der Waals surface area contributed by atoms with Gasteiger partial charge >= 0.3 is 11.9 Å². The van der Waals surface area contributed by atoms with Gasteiger partial charge in [0.2, 0.25) is 10.0 Å². The SMILES string of the molecule is CC(=O)Oc1ccc2c3c1O[C@H]1[C@H](NS(=O)(=O)Cc4ccccc4C)CC[C@@]4(OC(C)=O)[C@@H](C2)N(CC2CC2)CC[C@]314. The second-order valence-corrected chi connectivity index (χ2v) is 14.6. The average Bonchev–Trinajstić information content (AvgIpc) is 3.66. The van der Waals surface area contributed by atoms with E-state index in [0.717, 1.165) is 35.3 Å². The molecule has 5 atom stereocenters. The number of carbonyl (C=O) groups is 2. The normalized spacial score (nSPS) is 31.2. The second kappa shape index (κ2) is 9.79. The Hall–Kier alpha value is -2.95. The summed E-state index contributed by atoms with van der Waals surface area (Å²) >= 11 is 0. The number of piperidine rings is 1. The van der Waals surface area contributed by atoms with Crippen molar-refractivity contribution >= 4 is 22.0 Å². The first-order valence-corrected chi connectivity index (χ1v) is 16.7. The predicted octanol–water partition coefficient (Wildman–Crippen LogP) is 3.54. The van der Waals surface area contributed by atoms with Crippen LogP contribution in [0.1, 0.15) is 68.2 Å². The summed E-state index contributed by atoms with van der Waals surface area (Å²) < 4.78 is 49.2. The Bertz CT molecular complexity index is 1570. The highest BCUT2D eigenvalue weighted by Gasteiger charge is 2.75. The Kier molecular flexibility index (Phi) is 6.49. The number of hydrogen-bond acceptors (Lipinski definition) is 8. The Morgan fingerprint density at radius 3 is 2.57 bits per heavy atom. The molecular weight excluding hydrogens is 556 g/mol. The number of benzene rings is 2. The maximum absolute atomic E-state index is 13.6. The van der Waals surface area contributed by atoms with E-state index in [9.17, 15) is 18.0 Å². The maximum atomic E-state index is 13.6. The van der Waals surface area contributed by atoms with Gasteiger partial charge in [-0.2, -0.15) is 0 Å². The molecule has 3 fully saturated rings. The number of aryl methyl sites for hydroxylation is 1. The van der Waals surface area contributed by atoms with Crippen molar-refractivity contribution in [2.75, 3.05) is 13.1 Å². The van der Waals surface area contributed by atoms with Crippen LogP contribution in [0.15, 0.2) is 36.4 Å². The molecule has 0 unspecified atom stereocenters. The molecule has 10 heteroatoms. The van der Waals surface area contributed by atoms with E-state index in [1.807, 2.05) is 37.3 Å². The highest BCUT2D eigenvalue weighted by molar-refractivity contribution is 7.88. The molecule has 1 saturated heterocycles. The number of nitrogens with one attached hydrogen (secondary N) is 1. The summed E-state index contributed by atoms with van der Waals surface area (Å²) in [4.78, 5) is 27.4. The molecule has 2 bridgehead atoms. The van der Waals surface area contributed by atoms with Crippen LogP contribution in [0.3, 0.4) is 0 Å². The maximum Gasteiger partial charge on any atom is 0.308 e. The Labute approximate surface area is 246 Å². The number of nitrogens with zero attached hydrogens (tertiary/aromatic N) is 1. The van der Waals surface area contributed by atoms with Gasteiger partial charge in [-0.3, -0.25) is 14.5 Å². The molecule has 5 aliphatic rings. The fraction of sp³-hybridized carbons (Fsp3) is 0.562. The lowest BCUT2D eigenvalue weighted by molar-refractivity contribution is -0.218. The summed E-state index contributed by atoms with van der Waals surface area (Å²) in [5.74, 6) is 0.511. The van der Waals surface area contributed by atoms with Crippen molar-refractivity contribution in [3.8, 4) is 11.5 Å². The van der Waals surface area contributed by atoms with Crippen molar-refractivity contribution < 1.29 is 32.2 Å². The van der Waals surface area contributed by atoms with E-state index in [4.69, 9.17) is 14.2 Å². The average molecular weight is 595 g/mol. The van der Waals surface area contributed by atoms with Gasteiger partial charge in [-0.05, 0) is 80.7 Å². The van der Waals surface area contributed by atoms with Crippen molar-refractivity contribution in [2.45, 2.75) is 94.3 Å². The molecule has 2 heterocycles. The van der Waals surface area contributed by atoms with Gasteiger partial charge in [-0.25, -0.2) is 13.1 Å². The van der Waals surface area contributed by atoms with Crippen LogP contribution in [0.25, 0.3) is 0 Å². The molecule has 0 radical (unpaired) electrons. The summed E-state index contributed by atoms with van der Waals surface area (Å²) in [7, 11) is -3.75. The molecule has 1 N–H and O–H groups in total. The number of hydrogen-bond donors (Lipinski definition) is 1. The molecule has 0 aromatic heterocycles. The summed E-state index contributed by atoms with van der Waals surface area (Å²) in [6, 6.07) is 10.7. The first-order chi connectivity index (χ1) is 20.0. The van der Waals surface area contributed by atoms with Crippen LogP contribution < -0.4 is 14.2 Å². The molecule has 2 saturated carbocycles. The van der Waals surface area contributed by atoms with Crippen LogP contribution in [-0.4, -0.2) is 62.1 Å². The summed E-state index contributed by atoms with van der Waals surface area (Å²) in [5.41, 5.74) is 1.99. The fourth-order valence-corrected chi connectivity index (χ4v) is 10.0. The smallest absolute Gasteiger partial charge is 0.308 e.